The van der Waals surface area contributed by atoms with Gasteiger partial charge in [0.15, 0.2) is 0 Å². The third kappa shape index (κ3) is 4.52. The van der Waals surface area contributed by atoms with E-state index in [4.69, 9.17) is 11.6 Å². The van der Waals surface area contributed by atoms with Gasteiger partial charge in [0.2, 0.25) is 5.91 Å². The molecule has 0 saturated heterocycles. The van der Waals surface area contributed by atoms with Gasteiger partial charge in [-0.15, -0.1) is 0 Å². The number of rotatable bonds is 6. The van der Waals surface area contributed by atoms with E-state index in [0.717, 1.165) is 4.90 Å². The highest BCUT2D eigenvalue weighted by atomic mass is 35.5. The van der Waals surface area contributed by atoms with Crippen molar-refractivity contribution in [3.63, 3.8) is 0 Å². The summed E-state index contributed by atoms with van der Waals surface area (Å²) in [5.41, 5.74) is 1.00. The molecule has 0 N–H and O–H groups in total. The van der Waals surface area contributed by atoms with Crippen molar-refractivity contribution in [2.75, 3.05) is 23.5 Å². The van der Waals surface area contributed by atoms with Gasteiger partial charge in [-0.2, -0.15) is 0 Å². The highest BCUT2D eigenvalue weighted by Crippen LogP contribution is 2.25. The molecule has 0 unspecified atom stereocenters. The van der Waals surface area contributed by atoms with E-state index in [1.807, 2.05) is 0 Å². The van der Waals surface area contributed by atoms with Crippen molar-refractivity contribution in [3.05, 3.63) is 71.3 Å². The summed E-state index contributed by atoms with van der Waals surface area (Å²) in [7, 11) is 1.18. The zero-order valence-corrected chi connectivity index (χ0v) is 16.3. The summed E-state index contributed by atoms with van der Waals surface area (Å²) in [6.45, 7) is -0.175. The smallest absolute Gasteiger partial charge is 0.315 e. The Labute approximate surface area is 172 Å². The zero-order valence-electron chi connectivity index (χ0n) is 15.5. The lowest BCUT2D eigenvalue weighted by Crippen LogP contribution is -2.37. The molecule has 3 rings (SSSR count). The lowest BCUT2D eigenvalue weighted by molar-refractivity contribution is -0.143. The lowest BCUT2D eigenvalue weighted by atomic mass is 10.2. The SMILES string of the molecule is COC(=O)CC(=O)N(CC1=CC(=O)N(c2ccccc2)C1=O)c1ccc(Cl)cc1. The maximum atomic E-state index is 12.8. The second kappa shape index (κ2) is 8.70. The molecule has 0 spiro atoms. The second-order valence-corrected chi connectivity index (χ2v) is 6.63. The molecule has 0 atom stereocenters. The Bertz CT molecular complexity index is 986. The summed E-state index contributed by atoms with van der Waals surface area (Å²) >= 11 is 5.91. The topological polar surface area (TPSA) is 84.0 Å². The first kappa shape index (κ1) is 20.3. The summed E-state index contributed by atoms with van der Waals surface area (Å²) in [5.74, 6) is -2.29. The molecule has 8 heteroatoms. The van der Waals surface area contributed by atoms with Crippen molar-refractivity contribution in [3.8, 4) is 0 Å². The molecule has 2 aromatic carbocycles. The van der Waals surface area contributed by atoms with E-state index < -0.39 is 30.1 Å². The summed E-state index contributed by atoms with van der Waals surface area (Å²) in [6.07, 6.45) is 0.695. The number of hydrogen-bond donors (Lipinski definition) is 0. The highest BCUT2D eigenvalue weighted by Gasteiger charge is 2.34. The number of amides is 3. The first-order valence-electron chi connectivity index (χ1n) is 8.67. The van der Waals surface area contributed by atoms with E-state index in [0.29, 0.717) is 16.4 Å². The summed E-state index contributed by atoms with van der Waals surface area (Å²) < 4.78 is 4.56. The molecule has 0 bridgehead atoms. The molecule has 7 nitrogen and oxygen atoms in total. The molecule has 1 heterocycles. The molecule has 1 aliphatic rings. The van der Waals surface area contributed by atoms with E-state index in [2.05, 4.69) is 4.74 Å². The molecule has 0 saturated carbocycles. The van der Waals surface area contributed by atoms with Crippen LogP contribution in [0, 0.1) is 0 Å². The van der Waals surface area contributed by atoms with Gasteiger partial charge in [0, 0.05) is 22.4 Å². The van der Waals surface area contributed by atoms with E-state index in [9.17, 15) is 19.2 Å². The maximum absolute atomic E-state index is 12.8. The van der Waals surface area contributed by atoms with Gasteiger partial charge in [0.25, 0.3) is 11.8 Å². The largest absolute Gasteiger partial charge is 0.469 e. The molecular formula is C21H17ClN2O5. The van der Waals surface area contributed by atoms with Crippen LogP contribution in [0.5, 0.6) is 0 Å². The van der Waals surface area contributed by atoms with Crippen LogP contribution in [-0.4, -0.2) is 37.3 Å². The minimum Gasteiger partial charge on any atom is -0.469 e. The monoisotopic (exact) mass is 412 g/mol. The van der Waals surface area contributed by atoms with Crippen LogP contribution >= 0.6 is 11.6 Å². The number of methoxy groups -OCH3 is 1. The first-order chi connectivity index (χ1) is 13.9. The number of para-hydroxylation sites is 1. The van der Waals surface area contributed by atoms with E-state index >= 15 is 0 Å². The van der Waals surface area contributed by atoms with Crippen molar-refractivity contribution >= 4 is 46.7 Å². The summed E-state index contributed by atoms with van der Waals surface area (Å²) in [4.78, 5) is 51.7. The fraction of sp³-hybridized carbons (Fsp3) is 0.143. The van der Waals surface area contributed by atoms with Crippen LogP contribution in [0.25, 0.3) is 0 Å². The molecule has 0 aliphatic carbocycles. The average Bonchev–Trinajstić information content (AvgIpc) is 3.00. The Balaban J connectivity index is 1.87. The zero-order chi connectivity index (χ0) is 21.0. The molecule has 0 radical (unpaired) electrons. The number of hydrogen-bond acceptors (Lipinski definition) is 5. The van der Waals surface area contributed by atoms with Crippen LogP contribution < -0.4 is 9.80 Å². The van der Waals surface area contributed by atoms with Crippen LogP contribution in [0.3, 0.4) is 0 Å². The van der Waals surface area contributed by atoms with Crippen LogP contribution in [0.4, 0.5) is 11.4 Å². The number of imide groups is 1. The highest BCUT2D eigenvalue weighted by molar-refractivity contribution is 6.31. The van der Waals surface area contributed by atoms with Crippen LogP contribution in [0.2, 0.25) is 5.02 Å². The number of carbonyl (C=O) groups is 4. The number of carbonyl (C=O) groups excluding carboxylic acids is 4. The first-order valence-corrected chi connectivity index (χ1v) is 9.05. The molecule has 1 aliphatic heterocycles. The van der Waals surface area contributed by atoms with Crippen LogP contribution in [0.15, 0.2) is 66.2 Å². The van der Waals surface area contributed by atoms with Crippen molar-refractivity contribution in [1.82, 2.24) is 0 Å². The van der Waals surface area contributed by atoms with Crippen molar-refractivity contribution in [2.24, 2.45) is 0 Å². The van der Waals surface area contributed by atoms with Gasteiger partial charge in [-0.25, -0.2) is 4.90 Å². The maximum Gasteiger partial charge on any atom is 0.315 e. The van der Waals surface area contributed by atoms with Crippen molar-refractivity contribution in [1.29, 1.82) is 0 Å². The Kier molecular flexibility index (Phi) is 6.09. The predicted octanol–water partition coefficient (Wildman–Crippen LogP) is 2.74. The van der Waals surface area contributed by atoms with Crippen LogP contribution in [0.1, 0.15) is 6.42 Å². The minimum atomic E-state index is -0.706. The molecular weight excluding hydrogens is 396 g/mol. The van der Waals surface area contributed by atoms with E-state index in [-0.39, 0.29) is 12.1 Å². The molecule has 148 valence electrons. The average molecular weight is 413 g/mol. The molecule has 3 amide bonds. The van der Waals surface area contributed by atoms with Gasteiger partial charge in [-0.05, 0) is 36.4 Å². The molecule has 2 aromatic rings. The van der Waals surface area contributed by atoms with Crippen molar-refractivity contribution in [2.45, 2.75) is 6.42 Å². The van der Waals surface area contributed by atoms with Gasteiger partial charge >= 0.3 is 5.97 Å². The number of esters is 1. The normalized spacial score (nSPS) is 13.3. The number of halogens is 1. The van der Waals surface area contributed by atoms with Gasteiger partial charge < -0.3 is 9.64 Å². The third-order valence-corrected chi connectivity index (χ3v) is 4.55. The molecule has 29 heavy (non-hydrogen) atoms. The van der Waals surface area contributed by atoms with Gasteiger partial charge in [0.05, 0.1) is 19.3 Å². The number of ether oxygens (including phenoxy) is 1. The quantitative estimate of drug-likeness (QED) is 0.414. The molecule has 0 aromatic heterocycles. The summed E-state index contributed by atoms with van der Waals surface area (Å²) in [6, 6.07) is 14.8. The Morgan fingerprint density at radius 2 is 1.69 bits per heavy atom. The van der Waals surface area contributed by atoms with E-state index in [1.54, 1.807) is 54.6 Å². The number of benzene rings is 2. The predicted molar refractivity (Wildman–Crippen MR) is 107 cm³/mol. The molecule has 0 fully saturated rings. The Morgan fingerprint density at radius 3 is 2.31 bits per heavy atom. The third-order valence-electron chi connectivity index (χ3n) is 4.30. The lowest BCUT2D eigenvalue weighted by Gasteiger charge is -2.23. The standard InChI is InChI=1S/C21H17ClN2O5/c1-29-20(27)12-18(25)23(16-9-7-15(22)8-10-16)13-14-11-19(26)24(21(14)28)17-5-3-2-4-6-17/h2-11H,12-13H2,1H3. The Morgan fingerprint density at radius 1 is 1.03 bits per heavy atom. The fourth-order valence-corrected chi connectivity index (χ4v) is 2.99. The van der Waals surface area contributed by atoms with Gasteiger partial charge in [-0.1, -0.05) is 29.8 Å². The Hall–Kier alpha value is -3.45. The van der Waals surface area contributed by atoms with Crippen LogP contribution in [-0.2, 0) is 23.9 Å². The fourth-order valence-electron chi connectivity index (χ4n) is 2.86. The van der Waals surface area contributed by atoms with Gasteiger partial charge in [0.1, 0.15) is 6.42 Å². The van der Waals surface area contributed by atoms with E-state index in [1.165, 1.54) is 18.1 Å². The summed E-state index contributed by atoms with van der Waals surface area (Å²) in [5, 5.41) is 0.468. The number of anilines is 2. The number of nitrogens with zero attached hydrogens (tertiary/aromatic N) is 2. The second-order valence-electron chi connectivity index (χ2n) is 6.19. The van der Waals surface area contributed by atoms with Crippen molar-refractivity contribution < 1.29 is 23.9 Å². The van der Waals surface area contributed by atoms with Gasteiger partial charge in [-0.3, -0.25) is 19.2 Å². The minimum absolute atomic E-state index is 0.131.